The highest BCUT2D eigenvalue weighted by molar-refractivity contribution is 7.91. The van der Waals surface area contributed by atoms with E-state index in [1.165, 1.54) is 0 Å². The summed E-state index contributed by atoms with van der Waals surface area (Å²) in [5.41, 5.74) is 5.74. The highest BCUT2D eigenvalue weighted by atomic mass is 32.2. The molecule has 0 aromatic rings. The highest BCUT2D eigenvalue weighted by Crippen LogP contribution is 2.32. The van der Waals surface area contributed by atoms with Crippen molar-refractivity contribution in [2.24, 2.45) is 17.6 Å². The molecule has 1 amide bonds. The Kier molecular flexibility index (Phi) is 6.45. The van der Waals surface area contributed by atoms with Crippen LogP contribution in [0.15, 0.2) is 0 Å². The summed E-state index contributed by atoms with van der Waals surface area (Å²) in [6.45, 7) is 6.45. The van der Waals surface area contributed by atoms with Crippen molar-refractivity contribution in [1.82, 2.24) is 4.90 Å². The average Bonchev–Trinajstić information content (AvgIpc) is 2.87. The molecule has 1 unspecified atom stereocenters. The summed E-state index contributed by atoms with van der Waals surface area (Å²) in [6, 6.07) is -0.267. The van der Waals surface area contributed by atoms with E-state index in [2.05, 4.69) is 0 Å². The first kappa shape index (κ1) is 17.4. The van der Waals surface area contributed by atoms with E-state index >= 15 is 0 Å². The zero-order valence-corrected chi connectivity index (χ0v) is 13.7. The molecule has 0 saturated heterocycles. The molecule has 2 N–H and O–H groups in total. The van der Waals surface area contributed by atoms with Crippen LogP contribution < -0.4 is 5.73 Å². The van der Waals surface area contributed by atoms with Gasteiger partial charge in [-0.15, -0.1) is 0 Å². The third kappa shape index (κ3) is 4.19. The summed E-state index contributed by atoms with van der Waals surface area (Å²) >= 11 is 0. The van der Waals surface area contributed by atoms with Crippen LogP contribution in [0.25, 0.3) is 0 Å². The number of sulfone groups is 1. The summed E-state index contributed by atoms with van der Waals surface area (Å²) < 4.78 is 23.5. The predicted molar refractivity (Wildman–Crippen MR) is 81.1 cm³/mol. The average molecular weight is 304 g/mol. The van der Waals surface area contributed by atoms with Crippen molar-refractivity contribution < 1.29 is 13.2 Å². The molecule has 5 nitrogen and oxygen atoms in total. The second kappa shape index (κ2) is 7.41. The van der Waals surface area contributed by atoms with Crippen LogP contribution in [-0.2, 0) is 14.6 Å². The van der Waals surface area contributed by atoms with Crippen molar-refractivity contribution in [2.75, 3.05) is 24.6 Å². The molecular weight excluding hydrogens is 276 g/mol. The maximum Gasteiger partial charge on any atom is 0.226 e. The number of hydrogen-bond donors (Lipinski definition) is 1. The van der Waals surface area contributed by atoms with Gasteiger partial charge >= 0.3 is 0 Å². The first-order valence-electron chi connectivity index (χ1n) is 7.57. The van der Waals surface area contributed by atoms with E-state index in [0.717, 1.165) is 19.3 Å². The van der Waals surface area contributed by atoms with Gasteiger partial charge in [0.15, 0.2) is 9.84 Å². The molecule has 0 aromatic heterocycles. The molecule has 20 heavy (non-hydrogen) atoms. The maximum atomic E-state index is 12.6. The smallest absolute Gasteiger partial charge is 0.226 e. The largest absolute Gasteiger partial charge is 0.339 e. The number of nitrogens with two attached hydrogens (primary N) is 1. The fraction of sp³-hybridized carbons (Fsp3) is 0.929. The Labute approximate surface area is 122 Å². The zero-order valence-electron chi connectivity index (χ0n) is 12.8. The maximum absolute atomic E-state index is 12.6. The molecule has 1 rings (SSSR count). The second-order valence-corrected chi connectivity index (χ2v) is 8.10. The van der Waals surface area contributed by atoms with Gasteiger partial charge in [0.25, 0.3) is 0 Å². The molecular formula is C14H28N2O3S. The summed E-state index contributed by atoms with van der Waals surface area (Å²) in [6.07, 6.45) is 2.92. The summed E-state index contributed by atoms with van der Waals surface area (Å²) in [5, 5.41) is 0. The molecule has 1 aliphatic carbocycles. The van der Waals surface area contributed by atoms with Crippen LogP contribution in [0.2, 0.25) is 0 Å². The number of amides is 1. The Balaban J connectivity index is 2.76. The van der Waals surface area contributed by atoms with E-state index in [1.54, 1.807) is 11.8 Å². The monoisotopic (exact) mass is 304 g/mol. The third-order valence-electron chi connectivity index (χ3n) is 4.37. The lowest BCUT2D eigenvalue weighted by molar-refractivity contribution is -0.138. The molecule has 3 atom stereocenters. The van der Waals surface area contributed by atoms with Crippen LogP contribution in [0, 0.1) is 11.8 Å². The molecule has 1 aliphatic rings. The Bertz CT molecular complexity index is 422. The van der Waals surface area contributed by atoms with Crippen molar-refractivity contribution in [3.63, 3.8) is 0 Å². The molecule has 1 fully saturated rings. The Morgan fingerprint density at radius 3 is 2.50 bits per heavy atom. The first-order valence-corrected chi connectivity index (χ1v) is 9.39. The van der Waals surface area contributed by atoms with E-state index in [1.807, 2.05) is 13.8 Å². The third-order valence-corrected chi connectivity index (χ3v) is 6.24. The summed E-state index contributed by atoms with van der Waals surface area (Å²) in [5.74, 6) is 0.485. The van der Waals surface area contributed by atoms with Crippen molar-refractivity contribution in [2.45, 2.75) is 46.1 Å². The van der Waals surface area contributed by atoms with Gasteiger partial charge < -0.3 is 10.6 Å². The molecule has 0 aliphatic heterocycles. The minimum absolute atomic E-state index is 0.0215. The normalized spacial score (nSPS) is 24.6. The second-order valence-electron chi connectivity index (χ2n) is 5.71. The van der Waals surface area contributed by atoms with Gasteiger partial charge in [0.2, 0.25) is 5.91 Å². The van der Waals surface area contributed by atoms with Gasteiger partial charge in [-0.25, -0.2) is 8.42 Å². The van der Waals surface area contributed by atoms with E-state index in [0.29, 0.717) is 13.1 Å². The van der Waals surface area contributed by atoms with Crippen LogP contribution >= 0.6 is 0 Å². The van der Waals surface area contributed by atoms with Gasteiger partial charge in [-0.3, -0.25) is 4.79 Å². The number of hydrogen-bond acceptors (Lipinski definition) is 4. The lowest BCUT2D eigenvalue weighted by Gasteiger charge is -2.32. The lowest BCUT2D eigenvalue weighted by atomic mass is 9.94. The van der Waals surface area contributed by atoms with Crippen molar-refractivity contribution in [3.8, 4) is 0 Å². The Hall–Kier alpha value is -0.620. The van der Waals surface area contributed by atoms with Gasteiger partial charge in [0.05, 0.1) is 5.75 Å². The molecule has 6 heteroatoms. The SMILES string of the molecule is CCN(C(=O)[C@@H]1CCC[C@@H]1CN)C(C)CS(=O)(=O)CC. The Morgan fingerprint density at radius 1 is 1.35 bits per heavy atom. The zero-order chi connectivity index (χ0) is 15.3. The van der Waals surface area contributed by atoms with Crippen LogP contribution in [0.5, 0.6) is 0 Å². The molecule has 0 heterocycles. The Morgan fingerprint density at radius 2 is 2.00 bits per heavy atom. The van der Waals surface area contributed by atoms with Gasteiger partial charge in [0.1, 0.15) is 0 Å². The van der Waals surface area contributed by atoms with E-state index in [-0.39, 0.29) is 35.3 Å². The van der Waals surface area contributed by atoms with Gasteiger partial charge in [-0.05, 0) is 39.2 Å². The molecule has 0 radical (unpaired) electrons. The topological polar surface area (TPSA) is 80.5 Å². The van der Waals surface area contributed by atoms with E-state index < -0.39 is 9.84 Å². The lowest BCUT2D eigenvalue weighted by Crippen LogP contribution is -2.46. The molecule has 1 saturated carbocycles. The fourth-order valence-electron chi connectivity index (χ4n) is 3.12. The summed E-state index contributed by atoms with van der Waals surface area (Å²) in [7, 11) is -3.07. The standard InChI is InChI=1S/C14H28N2O3S/c1-4-16(11(3)10-20(18,19)5-2)14(17)13-8-6-7-12(13)9-15/h11-13H,4-10,15H2,1-3H3/t11?,12-,13-/m1/s1. The fourth-order valence-corrected chi connectivity index (χ4v) is 4.27. The van der Waals surface area contributed by atoms with E-state index in [4.69, 9.17) is 5.73 Å². The quantitative estimate of drug-likeness (QED) is 0.762. The number of nitrogens with zero attached hydrogens (tertiary/aromatic N) is 1. The molecule has 0 bridgehead atoms. The number of carbonyl (C=O) groups is 1. The molecule has 118 valence electrons. The molecule has 0 aromatic carbocycles. The predicted octanol–water partition coefficient (Wildman–Crippen LogP) is 1.03. The van der Waals surface area contributed by atoms with Gasteiger partial charge in [0, 0.05) is 24.3 Å². The first-order chi connectivity index (χ1) is 9.36. The van der Waals surface area contributed by atoms with E-state index in [9.17, 15) is 13.2 Å². The van der Waals surface area contributed by atoms with Crippen molar-refractivity contribution in [1.29, 1.82) is 0 Å². The minimum Gasteiger partial charge on any atom is -0.339 e. The minimum atomic E-state index is -3.07. The summed E-state index contributed by atoms with van der Waals surface area (Å²) in [4.78, 5) is 14.4. The van der Waals surface area contributed by atoms with Crippen molar-refractivity contribution >= 4 is 15.7 Å². The van der Waals surface area contributed by atoms with Gasteiger partial charge in [-0.2, -0.15) is 0 Å². The van der Waals surface area contributed by atoms with Crippen molar-refractivity contribution in [3.05, 3.63) is 0 Å². The van der Waals surface area contributed by atoms with Crippen LogP contribution in [-0.4, -0.2) is 49.9 Å². The van der Waals surface area contributed by atoms with Crippen LogP contribution in [0.1, 0.15) is 40.0 Å². The van der Waals surface area contributed by atoms with Crippen LogP contribution in [0.4, 0.5) is 0 Å². The molecule has 0 spiro atoms. The number of rotatable bonds is 7. The van der Waals surface area contributed by atoms with Crippen LogP contribution in [0.3, 0.4) is 0 Å². The number of carbonyl (C=O) groups excluding carboxylic acids is 1. The highest BCUT2D eigenvalue weighted by Gasteiger charge is 2.36. The van der Waals surface area contributed by atoms with Gasteiger partial charge in [-0.1, -0.05) is 13.3 Å².